The molecule has 3 nitrogen and oxygen atoms in total. The Morgan fingerprint density at radius 2 is 1.71 bits per heavy atom. The molecule has 2 aromatic carbocycles. The van der Waals surface area contributed by atoms with Crippen molar-refractivity contribution in [3.8, 4) is 0 Å². The van der Waals surface area contributed by atoms with Crippen LogP contribution in [0.3, 0.4) is 0 Å². The fourth-order valence-electron chi connectivity index (χ4n) is 1.75. The summed E-state index contributed by atoms with van der Waals surface area (Å²) in [5.74, 6) is -0.329. The van der Waals surface area contributed by atoms with Gasteiger partial charge in [0.15, 0.2) is 0 Å². The first-order valence-corrected chi connectivity index (χ1v) is 8.32. The maximum atomic E-state index is 12.8. The van der Waals surface area contributed by atoms with E-state index in [1.165, 1.54) is 30.3 Å². The Kier molecular flexibility index (Phi) is 5.22. The summed E-state index contributed by atoms with van der Waals surface area (Å²) in [7, 11) is -3.73. The van der Waals surface area contributed by atoms with Crippen molar-refractivity contribution in [1.82, 2.24) is 4.72 Å². The number of rotatable bonds is 5. The van der Waals surface area contributed by atoms with E-state index in [4.69, 9.17) is 23.2 Å². The van der Waals surface area contributed by atoms with E-state index in [0.717, 1.165) is 5.56 Å². The summed E-state index contributed by atoms with van der Waals surface area (Å²) in [6.07, 6.45) is 0.442. The molecule has 0 aliphatic heterocycles. The van der Waals surface area contributed by atoms with Crippen LogP contribution in [0.1, 0.15) is 5.56 Å². The Morgan fingerprint density at radius 1 is 1.05 bits per heavy atom. The van der Waals surface area contributed by atoms with Gasteiger partial charge in [-0.05, 0) is 36.2 Å². The van der Waals surface area contributed by atoms with Crippen LogP contribution in [-0.4, -0.2) is 15.0 Å². The van der Waals surface area contributed by atoms with Crippen LogP contribution in [0.5, 0.6) is 0 Å². The van der Waals surface area contributed by atoms with Crippen LogP contribution in [0, 0.1) is 5.82 Å². The average Bonchev–Trinajstić information content (AvgIpc) is 2.44. The summed E-state index contributed by atoms with van der Waals surface area (Å²) >= 11 is 11.7. The van der Waals surface area contributed by atoms with Crippen LogP contribution in [-0.2, 0) is 16.4 Å². The summed E-state index contributed by atoms with van der Waals surface area (Å²) in [5, 5.41) is 0.173. The van der Waals surface area contributed by atoms with Crippen LogP contribution >= 0.6 is 23.2 Å². The van der Waals surface area contributed by atoms with Crippen molar-refractivity contribution in [3.63, 3.8) is 0 Å². The number of sulfonamides is 1. The number of hydrogen-bond donors (Lipinski definition) is 1. The highest BCUT2D eigenvalue weighted by molar-refractivity contribution is 7.89. The minimum atomic E-state index is -3.73. The number of halogens is 3. The van der Waals surface area contributed by atoms with Gasteiger partial charge in [0.1, 0.15) is 10.7 Å². The topological polar surface area (TPSA) is 46.2 Å². The zero-order valence-corrected chi connectivity index (χ0v) is 13.1. The highest BCUT2D eigenvalue weighted by atomic mass is 35.5. The standard InChI is InChI=1S/C14H12Cl2FNO2S/c15-12-2-1-3-13(14(12)16)21(19,20)18-9-8-10-4-6-11(17)7-5-10/h1-7,18H,8-9H2. The number of benzene rings is 2. The number of hydrogen-bond acceptors (Lipinski definition) is 2. The molecule has 0 aliphatic rings. The van der Waals surface area contributed by atoms with Gasteiger partial charge >= 0.3 is 0 Å². The second-order valence-electron chi connectivity index (χ2n) is 4.33. The molecule has 0 fully saturated rings. The Morgan fingerprint density at radius 3 is 2.38 bits per heavy atom. The van der Waals surface area contributed by atoms with Gasteiger partial charge in [-0.15, -0.1) is 0 Å². The van der Waals surface area contributed by atoms with Gasteiger partial charge in [-0.1, -0.05) is 41.4 Å². The highest BCUT2D eigenvalue weighted by Gasteiger charge is 2.18. The summed E-state index contributed by atoms with van der Waals surface area (Å²) in [4.78, 5) is -0.0595. The van der Waals surface area contributed by atoms with Crippen molar-refractivity contribution >= 4 is 33.2 Å². The minimum Gasteiger partial charge on any atom is -0.211 e. The lowest BCUT2D eigenvalue weighted by Crippen LogP contribution is -2.26. The Balaban J connectivity index is 2.05. The highest BCUT2D eigenvalue weighted by Crippen LogP contribution is 2.28. The molecule has 0 amide bonds. The van der Waals surface area contributed by atoms with E-state index in [0.29, 0.717) is 6.42 Å². The lowest BCUT2D eigenvalue weighted by atomic mass is 10.1. The second-order valence-corrected chi connectivity index (χ2v) is 6.85. The van der Waals surface area contributed by atoms with Gasteiger partial charge in [0.25, 0.3) is 0 Å². The van der Waals surface area contributed by atoms with Gasteiger partial charge in [0, 0.05) is 6.54 Å². The third kappa shape index (κ3) is 4.17. The monoisotopic (exact) mass is 347 g/mol. The summed E-state index contributed by atoms with van der Waals surface area (Å²) in [6.45, 7) is 0.177. The summed E-state index contributed by atoms with van der Waals surface area (Å²) < 4.78 is 39.5. The van der Waals surface area contributed by atoms with Crippen molar-refractivity contribution in [1.29, 1.82) is 0 Å². The third-order valence-electron chi connectivity index (χ3n) is 2.82. The molecule has 0 aromatic heterocycles. The van der Waals surface area contributed by atoms with Gasteiger partial charge in [-0.25, -0.2) is 17.5 Å². The van der Waals surface area contributed by atoms with Crippen LogP contribution < -0.4 is 4.72 Å². The van der Waals surface area contributed by atoms with Gasteiger partial charge in [-0.3, -0.25) is 0 Å². The molecule has 0 atom stereocenters. The molecule has 112 valence electrons. The van der Waals surface area contributed by atoms with Gasteiger partial charge in [0.2, 0.25) is 10.0 Å². The first kappa shape index (κ1) is 16.2. The van der Waals surface area contributed by atoms with E-state index in [2.05, 4.69) is 4.72 Å². The van der Waals surface area contributed by atoms with Crippen LogP contribution in [0.25, 0.3) is 0 Å². The van der Waals surface area contributed by atoms with Crippen molar-refractivity contribution in [2.45, 2.75) is 11.3 Å². The molecule has 0 saturated carbocycles. The van der Waals surface area contributed by atoms with Crippen LogP contribution in [0.4, 0.5) is 4.39 Å². The van der Waals surface area contributed by atoms with E-state index in [-0.39, 0.29) is 27.3 Å². The van der Waals surface area contributed by atoms with E-state index in [9.17, 15) is 12.8 Å². The van der Waals surface area contributed by atoms with Crippen molar-refractivity contribution < 1.29 is 12.8 Å². The van der Waals surface area contributed by atoms with Gasteiger partial charge < -0.3 is 0 Å². The molecule has 0 bridgehead atoms. The predicted molar refractivity (Wildman–Crippen MR) is 81.8 cm³/mol. The lowest BCUT2D eigenvalue weighted by molar-refractivity contribution is 0.581. The molecule has 0 radical (unpaired) electrons. The molecule has 0 aliphatic carbocycles. The quantitative estimate of drug-likeness (QED) is 0.897. The van der Waals surface area contributed by atoms with E-state index in [1.807, 2.05) is 0 Å². The van der Waals surface area contributed by atoms with Crippen molar-refractivity contribution in [3.05, 3.63) is 63.9 Å². The van der Waals surface area contributed by atoms with Crippen molar-refractivity contribution in [2.75, 3.05) is 6.54 Å². The normalized spacial score (nSPS) is 11.6. The molecule has 0 saturated heterocycles. The molecule has 2 rings (SSSR count). The second kappa shape index (κ2) is 6.75. The van der Waals surface area contributed by atoms with Crippen molar-refractivity contribution in [2.24, 2.45) is 0 Å². The largest absolute Gasteiger partial charge is 0.242 e. The molecule has 0 unspecified atom stereocenters. The zero-order valence-electron chi connectivity index (χ0n) is 10.8. The van der Waals surface area contributed by atoms with Gasteiger partial charge in [-0.2, -0.15) is 0 Å². The molecule has 1 N–H and O–H groups in total. The van der Waals surface area contributed by atoms with E-state index in [1.54, 1.807) is 12.1 Å². The first-order valence-electron chi connectivity index (χ1n) is 6.08. The first-order chi connectivity index (χ1) is 9.90. The predicted octanol–water partition coefficient (Wildman–Crippen LogP) is 3.65. The van der Waals surface area contributed by atoms with Crippen LogP contribution in [0.2, 0.25) is 10.0 Å². The molecular formula is C14H12Cl2FNO2S. The zero-order chi connectivity index (χ0) is 15.5. The average molecular weight is 348 g/mol. The molecule has 0 heterocycles. The number of nitrogens with one attached hydrogen (secondary N) is 1. The summed E-state index contributed by atoms with van der Waals surface area (Å²) in [5.41, 5.74) is 0.830. The Labute approximate surface area is 132 Å². The maximum absolute atomic E-state index is 12.8. The fraction of sp³-hybridized carbons (Fsp3) is 0.143. The summed E-state index contributed by atoms with van der Waals surface area (Å²) in [6, 6.07) is 10.3. The molecule has 2 aromatic rings. The SMILES string of the molecule is O=S(=O)(NCCc1ccc(F)cc1)c1cccc(Cl)c1Cl. The Hall–Kier alpha value is -1.14. The van der Waals surface area contributed by atoms with Crippen LogP contribution in [0.15, 0.2) is 47.4 Å². The molecule has 21 heavy (non-hydrogen) atoms. The maximum Gasteiger partial charge on any atom is 0.242 e. The molecular weight excluding hydrogens is 336 g/mol. The molecule has 7 heteroatoms. The van der Waals surface area contributed by atoms with Gasteiger partial charge in [0.05, 0.1) is 10.0 Å². The Bertz CT molecular complexity index is 733. The molecule has 0 spiro atoms. The fourth-order valence-corrected chi connectivity index (χ4v) is 3.54. The third-order valence-corrected chi connectivity index (χ3v) is 5.26. The van der Waals surface area contributed by atoms with E-state index < -0.39 is 10.0 Å². The lowest BCUT2D eigenvalue weighted by Gasteiger charge is -2.09. The van der Waals surface area contributed by atoms with E-state index >= 15 is 0 Å². The smallest absolute Gasteiger partial charge is 0.211 e. The minimum absolute atomic E-state index is 0.00607.